The summed E-state index contributed by atoms with van der Waals surface area (Å²) >= 11 is 0. The number of nitrogens with zero attached hydrogens (tertiary/aromatic N) is 1. The largest absolute Gasteiger partial charge is 0.326 e. The van der Waals surface area contributed by atoms with Gasteiger partial charge in [0, 0.05) is 17.7 Å². The van der Waals surface area contributed by atoms with Crippen molar-refractivity contribution >= 4 is 29.3 Å². The Labute approximate surface area is 188 Å². The van der Waals surface area contributed by atoms with E-state index in [-0.39, 0.29) is 18.2 Å². The maximum atomic E-state index is 13.0. The number of anilines is 1. The molecule has 0 saturated carbocycles. The van der Waals surface area contributed by atoms with Crippen LogP contribution in [0.1, 0.15) is 61.0 Å². The van der Waals surface area contributed by atoms with E-state index in [0.29, 0.717) is 23.2 Å². The van der Waals surface area contributed by atoms with E-state index in [9.17, 15) is 19.2 Å². The maximum Gasteiger partial charge on any atom is 0.325 e. The Morgan fingerprint density at radius 2 is 1.66 bits per heavy atom. The molecule has 0 spiro atoms. The lowest BCUT2D eigenvalue weighted by atomic mass is 9.91. The lowest BCUT2D eigenvalue weighted by Crippen LogP contribution is -2.41. The Bertz CT molecular complexity index is 1010. The van der Waals surface area contributed by atoms with Gasteiger partial charge >= 0.3 is 6.03 Å². The van der Waals surface area contributed by atoms with E-state index < -0.39 is 17.5 Å². The van der Waals surface area contributed by atoms with Crippen LogP contribution in [-0.2, 0) is 15.1 Å². The molecule has 1 atom stereocenters. The molecule has 168 valence electrons. The van der Waals surface area contributed by atoms with Crippen LogP contribution in [0, 0.1) is 6.92 Å². The van der Waals surface area contributed by atoms with Crippen molar-refractivity contribution in [2.24, 2.45) is 0 Å². The molecule has 0 bridgehead atoms. The normalized spacial score (nSPS) is 17.9. The monoisotopic (exact) mass is 435 g/mol. The highest BCUT2D eigenvalue weighted by atomic mass is 16.2. The molecular weight excluding hydrogens is 406 g/mol. The fourth-order valence-electron chi connectivity index (χ4n) is 3.66. The zero-order valence-corrected chi connectivity index (χ0v) is 18.7. The number of Topliss-reactive ketones (excluding diaryl/α,β-unsaturated/α-hetero) is 1. The number of aryl methyl sites for hydroxylation is 1. The summed E-state index contributed by atoms with van der Waals surface area (Å²) in [5.74, 6) is -0.884. The molecule has 7 heteroatoms. The molecule has 32 heavy (non-hydrogen) atoms. The summed E-state index contributed by atoms with van der Waals surface area (Å²) < 4.78 is 0. The average Bonchev–Trinajstić information content (AvgIpc) is 2.98. The van der Waals surface area contributed by atoms with Gasteiger partial charge in [-0.2, -0.15) is 0 Å². The molecule has 1 aliphatic heterocycles. The fraction of sp³-hybridized carbons (Fsp3) is 0.360. The first kappa shape index (κ1) is 23.2. The van der Waals surface area contributed by atoms with Crippen molar-refractivity contribution in [3.63, 3.8) is 0 Å². The van der Waals surface area contributed by atoms with Crippen LogP contribution in [0.2, 0.25) is 0 Å². The van der Waals surface area contributed by atoms with Gasteiger partial charge in [0.15, 0.2) is 5.78 Å². The fourth-order valence-corrected chi connectivity index (χ4v) is 3.66. The number of hydrogen-bond acceptors (Lipinski definition) is 4. The number of ketones is 1. The topological polar surface area (TPSA) is 95.6 Å². The van der Waals surface area contributed by atoms with E-state index in [4.69, 9.17) is 0 Å². The minimum atomic E-state index is -1.21. The molecule has 2 aromatic rings. The Balaban J connectivity index is 1.64. The Morgan fingerprint density at radius 1 is 1.00 bits per heavy atom. The van der Waals surface area contributed by atoms with Gasteiger partial charge in [-0.05, 0) is 50.1 Å². The van der Waals surface area contributed by atoms with Crippen LogP contribution in [0.25, 0.3) is 0 Å². The van der Waals surface area contributed by atoms with Crippen LogP contribution >= 0.6 is 0 Å². The summed E-state index contributed by atoms with van der Waals surface area (Å²) in [7, 11) is 0. The SMILES string of the molecule is CCCCCC(=O)Nc1ccc(C(=O)CN2C(=O)N[C@](C)(c3ccc(C)cc3)C2=O)cc1. The molecule has 2 N–H and O–H groups in total. The number of carbonyl (C=O) groups excluding carboxylic acids is 4. The molecule has 7 nitrogen and oxygen atoms in total. The third-order valence-corrected chi connectivity index (χ3v) is 5.70. The Kier molecular flexibility index (Phi) is 7.08. The van der Waals surface area contributed by atoms with E-state index >= 15 is 0 Å². The van der Waals surface area contributed by atoms with Crippen LogP contribution in [0.5, 0.6) is 0 Å². The van der Waals surface area contributed by atoms with Crippen molar-refractivity contribution in [3.05, 3.63) is 65.2 Å². The predicted molar refractivity (Wildman–Crippen MR) is 122 cm³/mol. The zero-order chi connectivity index (χ0) is 23.3. The lowest BCUT2D eigenvalue weighted by molar-refractivity contribution is -0.130. The number of rotatable bonds is 9. The van der Waals surface area contributed by atoms with Gasteiger partial charge in [-0.1, -0.05) is 49.6 Å². The van der Waals surface area contributed by atoms with Gasteiger partial charge in [-0.15, -0.1) is 0 Å². The van der Waals surface area contributed by atoms with Crippen LogP contribution in [0.15, 0.2) is 48.5 Å². The number of unbranched alkanes of at least 4 members (excludes halogenated alkanes) is 2. The van der Waals surface area contributed by atoms with Crippen LogP contribution in [0.4, 0.5) is 10.5 Å². The van der Waals surface area contributed by atoms with E-state index in [1.807, 2.05) is 19.1 Å². The molecule has 1 heterocycles. The molecule has 0 unspecified atom stereocenters. The highest BCUT2D eigenvalue weighted by Crippen LogP contribution is 2.29. The summed E-state index contributed by atoms with van der Waals surface area (Å²) in [6.07, 6.45) is 3.35. The summed E-state index contributed by atoms with van der Waals surface area (Å²) in [5, 5.41) is 5.52. The first-order valence-corrected chi connectivity index (χ1v) is 10.9. The van der Waals surface area contributed by atoms with Crippen molar-refractivity contribution in [3.8, 4) is 0 Å². The van der Waals surface area contributed by atoms with Gasteiger partial charge in [0.05, 0.1) is 6.54 Å². The van der Waals surface area contributed by atoms with Crippen molar-refractivity contribution in [2.75, 3.05) is 11.9 Å². The van der Waals surface area contributed by atoms with Gasteiger partial charge in [-0.3, -0.25) is 19.3 Å². The number of hydrogen-bond donors (Lipinski definition) is 2. The van der Waals surface area contributed by atoms with Crippen molar-refractivity contribution in [1.29, 1.82) is 0 Å². The number of carbonyl (C=O) groups is 4. The molecular formula is C25H29N3O4. The van der Waals surface area contributed by atoms with Crippen molar-refractivity contribution in [2.45, 2.75) is 52.0 Å². The van der Waals surface area contributed by atoms with Crippen LogP contribution in [-0.4, -0.2) is 35.1 Å². The van der Waals surface area contributed by atoms with Crippen LogP contribution in [0.3, 0.4) is 0 Å². The number of nitrogens with one attached hydrogen (secondary N) is 2. The Morgan fingerprint density at radius 3 is 2.28 bits per heavy atom. The third kappa shape index (κ3) is 5.04. The number of urea groups is 1. The average molecular weight is 436 g/mol. The van der Waals surface area contributed by atoms with Gasteiger partial charge in [0.2, 0.25) is 5.91 Å². The second-order valence-corrected chi connectivity index (χ2v) is 8.32. The quantitative estimate of drug-likeness (QED) is 0.351. The third-order valence-electron chi connectivity index (χ3n) is 5.70. The highest BCUT2D eigenvalue weighted by molar-refractivity contribution is 6.11. The minimum Gasteiger partial charge on any atom is -0.326 e. The summed E-state index contributed by atoms with van der Waals surface area (Å²) in [4.78, 5) is 51.1. The maximum absolute atomic E-state index is 13.0. The molecule has 1 aliphatic rings. The minimum absolute atomic E-state index is 0.0627. The van der Waals surface area contributed by atoms with Crippen molar-refractivity contribution in [1.82, 2.24) is 10.2 Å². The second-order valence-electron chi connectivity index (χ2n) is 8.32. The molecule has 3 rings (SSSR count). The smallest absolute Gasteiger partial charge is 0.325 e. The van der Waals surface area contributed by atoms with E-state index in [0.717, 1.165) is 29.7 Å². The van der Waals surface area contributed by atoms with Gasteiger partial charge in [-0.25, -0.2) is 4.79 Å². The standard InChI is InChI=1S/C25H29N3O4/c1-4-5-6-7-22(30)26-20-14-10-18(11-15-20)21(29)16-28-23(31)25(3,27-24(28)32)19-12-8-17(2)9-13-19/h8-15H,4-7,16H2,1-3H3,(H,26,30)(H,27,32)/t25-/m1/s1. The molecule has 1 fully saturated rings. The molecule has 2 aromatic carbocycles. The zero-order valence-electron chi connectivity index (χ0n) is 18.7. The van der Waals surface area contributed by atoms with Gasteiger partial charge < -0.3 is 10.6 Å². The first-order valence-electron chi connectivity index (χ1n) is 10.9. The first-order chi connectivity index (χ1) is 15.2. The summed E-state index contributed by atoms with van der Waals surface area (Å²) in [6.45, 7) is 5.31. The number of benzene rings is 2. The molecule has 0 aromatic heterocycles. The second kappa shape index (κ2) is 9.77. The molecule has 1 saturated heterocycles. The predicted octanol–water partition coefficient (Wildman–Crippen LogP) is 4.16. The molecule has 0 aliphatic carbocycles. The van der Waals surface area contributed by atoms with E-state index in [1.54, 1.807) is 43.3 Å². The Hall–Kier alpha value is -3.48. The van der Waals surface area contributed by atoms with Crippen LogP contribution < -0.4 is 10.6 Å². The summed E-state index contributed by atoms with van der Waals surface area (Å²) in [5.41, 5.74) is 1.46. The lowest BCUT2D eigenvalue weighted by Gasteiger charge is -2.22. The van der Waals surface area contributed by atoms with Gasteiger partial charge in [0.1, 0.15) is 5.54 Å². The summed E-state index contributed by atoms with van der Waals surface area (Å²) in [6, 6.07) is 13.2. The highest BCUT2D eigenvalue weighted by Gasteiger charge is 2.49. The van der Waals surface area contributed by atoms with E-state index in [2.05, 4.69) is 17.6 Å². The number of amides is 4. The van der Waals surface area contributed by atoms with Crippen molar-refractivity contribution < 1.29 is 19.2 Å². The van der Waals surface area contributed by atoms with E-state index in [1.165, 1.54) is 0 Å². The molecule has 0 radical (unpaired) electrons. The molecule has 4 amide bonds. The number of imide groups is 1. The van der Waals surface area contributed by atoms with Gasteiger partial charge in [0.25, 0.3) is 5.91 Å².